The maximum Gasteiger partial charge on any atom is 0.180 e. The van der Waals surface area contributed by atoms with E-state index in [4.69, 9.17) is 37.4 Å². The highest BCUT2D eigenvalue weighted by atomic mass is 79.9. The highest BCUT2D eigenvalue weighted by molar-refractivity contribution is 9.28. The average Bonchev–Trinajstić information content (AvgIpc) is 2.70. The van der Waals surface area contributed by atoms with Crippen LogP contribution in [-0.4, -0.2) is 6.61 Å². The Morgan fingerprint density at radius 1 is 0.900 bits per heavy atom. The zero-order valence-electron chi connectivity index (χ0n) is 15.4. The van der Waals surface area contributed by atoms with Crippen molar-refractivity contribution in [3.05, 3.63) is 91.6 Å². The van der Waals surface area contributed by atoms with E-state index in [1.165, 1.54) is 12.1 Å². The lowest BCUT2D eigenvalue weighted by molar-refractivity contribution is 0.275. The van der Waals surface area contributed by atoms with Crippen LogP contribution in [0.3, 0.4) is 0 Å². The van der Waals surface area contributed by atoms with E-state index in [0.29, 0.717) is 39.7 Å². The van der Waals surface area contributed by atoms with Crippen LogP contribution in [0.15, 0.2) is 70.1 Å². The van der Waals surface area contributed by atoms with Gasteiger partial charge in [-0.25, -0.2) is 4.39 Å². The Bertz CT molecular complexity index is 1020. The molecule has 8 heteroatoms. The van der Waals surface area contributed by atoms with Crippen molar-refractivity contribution < 1.29 is 18.6 Å². The second-order valence-corrected chi connectivity index (χ2v) is 9.62. The molecule has 0 aliphatic rings. The Hall–Kier alpha value is -1.73. The summed E-state index contributed by atoms with van der Waals surface area (Å²) >= 11 is 18.9. The van der Waals surface area contributed by atoms with Gasteiger partial charge in [-0.3, -0.25) is 0 Å². The topological polar surface area (TPSA) is 27.7 Å². The van der Waals surface area contributed by atoms with Crippen molar-refractivity contribution in [3.8, 4) is 23.0 Å². The minimum atomic E-state index is -0.310. The summed E-state index contributed by atoms with van der Waals surface area (Å²) in [5.41, 5.74) is 0.904. The number of halogens is 5. The van der Waals surface area contributed by atoms with Crippen LogP contribution >= 0.6 is 55.1 Å². The van der Waals surface area contributed by atoms with Crippen LogP contribution in [-0.2, 0) is 6.61 Å². The first-order chi connectivity index (χ1) is 14.4. The van der Waals surface area contributed by atoms with E-state index < -0.39 is 0 Å². The molecule has 3 aromatic carbocycles. The van der Waals surface area contributed by atoms with Crippen LogP contribution in [0.5, 0.6) is 23.0 Å². The molecule has 0 unspecified atom stereocenters. The normalized spacial score (nSPS) is 10.4. The lowest BCUT2D eigenvalue weighted by Crippen LogP contribution is -2.01. The lowest BCUT2D eigenvalue weighted by Gasteiger charge is -2.14. The highest BCUT2D eigenvalue weighted by Crippen LogP contribution is 2.39. The number of hydrogen-bond acceptors (Lipinski definition) is 3. The summed E-state index contributed by atoms with van der Waals surface area (Å²) in [6.07, 6.45) is 1.79. The minimum absolute atomic E-state index is 0.270. The van der Waals surface area contributed by atoms with E-state index in [1.54, 1.807) is 42.5 Å². The first-order valence-corrected chi connectivity index (χ1v) is 11.0. The number of benzene rings is 3. The average molecular weight is 577 g/mol. The van der Waals surface area contributed by atoms with Gasteiger partial charge < -0.3 is 14.2 Å². The Balaban J connectivity index is 1.66. The summed E-state index contributed by atoms with van der Waals surface area (Å²) < 4.78 is 31.1. The Kier molecular flexibility index (Phi) is 8.45. The van der Waals surface area contributed by atoms with Crippen LogP contribution in [0, 0.1) is 5.82 Å². The van der Waals surface area contributed by atoms with E-state index in [9.17, 15) is 4.39 Å². The van der Waals surface area contributed by atoms with Gasteiger partial charge in [-0.1, -0.05) is 35.3 Å². The van der Waals surface area contributed by atoms with E-state index in [1.807, 2.05) is 12.1 Å². The van der Waals surface area contributed by atoms with Crippen LogP contribution in [0.4, 0.5) is 4.39 Å². The maximum atomic E-state index is 13.0. The largest absolute Gasteiger partial charge is 0.485 e. The third-order valence-corrected chi connectivity index (χ3v) is 4.95. The van der Waals surface area contributed by atoms with Crippen molar-refractivity contribution in [2.45, 2.75) is 6.61 Å². The Morgan fingerprint density at radius 3 is 2.17 bits per heavy atom. The quantitative estimate of drug-likeness (QED) is 0.269. The molecule has 30 heavy (non-hydrogen) atoms. The SMILES string of the molecule is Fc1ccc(Oc2ccc(COc3c(Cl)cc(Cl)cc3OCC=C(Br)Br)cc2)cc1. The van der Waals surface area contributed by atoms with Crippen molar-refractivity contribution >= 4 is 55.1 Å². The first-order valence-electron chi connectivity index (χ1n) is 8.69. The summed E-state index contributed by atoms with van der Waals surface area (Å²) in [7, 11) is 0. The fourth-order valence-corrected chi connectivity index (χ4v) is 3.22. The number of rotatable bonds is 8. The molecule has 3 aromatic rings. The molecule has 0 saturated heterocycles. The van der Waals surface area contributed by atoms with Gasteiger partial charge in [0.25, 0.3) is 0 Å². The van der Waals surface area contributed by atoms with Gasteiger partial charge in [-0.2, -0.15) is 0 Å². The fourth-order valence-electron chi connectivity index (χ4n) is 2.43. The molecule has 3 rings (SSSR count). The Morgan fingerprint density at radius 2 is 1.53 bits per heavy atom. The van der Waals surface area contributed by atoms with E-state index in [2.05, 4.69) is 31.9 Å². The predicted molar refractivity (Wildman–Crippen MR) is 125 cm³/mol. The Labute approximate surface area is 200 Å². The molecule has 0 aliphatic carbocycles. The molecule has 0 N–H and O–H groups in total. The monoisotopic (exact) mass is 574 g/mol. The van der Waals surface area contributed by atoms with E-state index in [0.717, 1.165) is 8.96 Å². The highest BCUT2D eigenvalue weighted by Gasteiger charge is 2.13. The molecule has 0 bridgehead atoms. The maximum absolute atomic E-state index is 13.0. The van der Waals surface area contributed by atoms with Crippen LogP contribution in [0.2, 0.25) is 10.0 Å². The molecule has 0 spiro atoms. The summed E-state index contributed by atoms with van der Waals surface area (Å²) in [5.74, 6) is 1.73. The van der Waals surface area contributed by atoms with Gasteiger partial charge in [0, 0.05) is 11.1 Å². The van der Waals surface area contributed by atoms with Crippen LogP contribution in [0.25, 0.3) is 0 Å². The van der Waals surface area contributed by atoms with Gasteiger partial charge >= 0.3 is 0 Å². The molecule has 0 aromatic heterocycles. The van der Waals surface area contributed by atoms with Gasteiger partial charge in [-0.15, -0.1) is 0 Å². The fraction of sp³-hybridized carbons (Fsp3) is 0.0909. The van der Waals surface area contributed by atoms with Gasteiger partial charge in [0.15, 0.2) is 11.5 Å². The second-order valence-electron chi connectivity index (χ2n) is 6.01. The molecule has 3 nitrogen and oxygen atoms in total. The van der Waals surface area contributed by atoms with E-state index in [-0.39, 0.29) is 12.4 Å². The minimum Gasteiger partial charge on any atom is -0.485 e. The molecule has 0 amide bonds. The predicted octanol–water partition coefficient (Wildman–Crippen LogP) is 8.51. The lowest BCUT2D eigenvalue weighted by atomic mass is 10.2. The van der Waals surface area contributed by atoms with Gasteiger partial charge in [0.1, 0.15) is 30.5 Å². The molecule has 0 heterocycles. The molecule has 156 valence electrons. The molecular weight excluding hydrogens is 562 g/mol. The van der Waals surface area contributed by atoms with Crippen molar-refractivity contribution in [3.63, 3.8) is 0 Å². The number of hydrogen-bond donors (Lipinski definition) is 0. The summed E-state index contributed by atoms with van der Waals surface area (Å²) in [4.78, 5) is 0. The van der Waals surface area contributed by atoms with Gasteiger partial charge in [0.05, 0.1) is 8.41 Å². The van der Waals surface area contributed by atoms with E-state index >= 15 is 0 Å². The standard InChI is InChI=1S/C22H15Br2Cl2FO3/c23-21(24)9-10-28-20-12-15(25)11-19(26)22(20)29-13-14-1-5-17(6-2-14)30-18-7-3-16(27)4-8-18/h1-9,11-12H,10,13H2. The molecule has 0 atom stereocenters. The van der Waals surface area contributed by atoms with Gasteiger partial charge in [0.2, 0.25) is 0 Å². The zero-order chi connectivity index (χ0) is 21.5. The first kappa shape index (κ1) is 22.9. The third-order valence-electron chi connectivity index (χ3n) is 3.81. The van der Waals surface area contributed by atoms with Crippen LogP contribution < -0.4 is 14.2 Å². The summed E-state index contributed by atoms with van der Waals surface area (Å²) in [5, 5.41) is 0.808. The number of ether oxygens (including phenoxy) is 3. The summed E-state index contributed by atoms with van der Waals surface area (Å²) in [6, 6.07) is 16.4. The van der Waals surface area contributed by atoms with Crippen molar-refractivity contribution in [1.82, 2.24) is 0 Å². The molecule has 0 radical (unpaired) electrons. The third kappa shape index (κ3) is 6.91. The smallest absolute Gasteiger partial charge is 0.180 e. The second kappa shape index (κ2) is 11.0. The van der Waals surface area contributed by atoms with Crippen molar-refractivity contribution in [2.75, 3.05) is 6.61 Å². The molecular formula is C22H15Br2Cl2FO3. The molecule has 0 saturated carbocycles. The van der Waals surface area contributed by atoms with Gasteiger partial charge in [-0.05, 0) is 86.0 Å². The summed E-state index contributed by atoms with van der Waals surface area (Å²) in [6.45, 7) is 0.570. The zero-order valence-corrected chi connectivity index (χ0v) is 20.1. The van der Waals surface area contributed by atoms with Crippen molar-refractivity contribution in [2.24, 2.45) is 0 Å². The molecule has 0 fully saturated rings. The van der Waals surface area contributed by atoms with Crippen molar-refractivity contribution in [1.29, 1.82) is 0 Å². The molecule has 0 aliphatic heterocycles. The van der Waals surface area contributed by atoms with Crippen LogP contribution in [0.1, 0.15) is 5.56 Å².